The number of carboxylic acids is 4. The Kier molecular flexibility index (Phi) is 40.6. The van der Waals surface area contributed by atoms with Gasteiger partial charge in [0.15, 0.2) is 5.11 Å². The number of aromatic nitrogens is 11. The van der Waals surface area contributed by atoms with Crippen LogP contribution < -0.4 is 76.5 Å². The molecule has 0 spiro atoms. The van der Waals surface area contributed by atoms with E-state index in [4.69, 9.17) is 44.6 Å². The molecule has 0 aliphatic heterocycles. The molecule has 0 saturated carbocycles. The Balaban J connectivity index is 0.000000433. The summed E-state index contributed by atoms with van der Waals surface area (Å²) >= 11 is 4.88. The highest BCUT2D eigenvalue weighted by Crippen LogP contribution is 2.22. The zero-order valence-electron chi connectivity index (χ0n) is 57.5. The van der Waals surface area contributed by atoms with Gasteiger partial charge in [-0.1, -0.05) is 67.4 Å². The number of nitrogens with one attached hydrogen (secondary N) is 4. The number of carbonyl (C=O) groups is 4. The third kappa shape index (κ3) is 36.3. The molecule has 0 saturated heterocycles. The highest BCUT2D eigenvalue weighted by Gasteiger charge is 2.17. The Morgan fingerprint density at radius 3 is 1.60 bits per heavy atom. The number of benzene rings is 1. The van der Waals surface area contributed by atoms with Crippen LogP contribution in [0.15, 0.2) is 111 Å². The number of nitrogens with zero attached hydrogens (tertiary/aromatic N) is 9. The molecule has 32 heteroatoms. The second-order valence-electron chi connectivity index (χ2n) is 22.0. The molecule has 0 fully saturated rings. The van der Waals surface area contributed by atoms with Gasteiger partial charge in [0.1, 0.15) is 29.3 Å². The zero-order chi connectivity index (χ0) is 74.5. The van der Waals surface area contributed by atoms with Gasteiger partial charge in [0.25, 0.3) is 11.1 Å². The summed E-state index contributed by atoms with van der Waals surface area (Å²) in [7, 11) is 8.71. The van der Waals surface area contributed by atoms with Crippen molar-refractivity contribution in [2.45, 2.75) is 97.8 Å². The lowest BCUT2D eigenvalue weighted by atomic mass is 9.92. The summed E-state index contributed by atoms with van der Waals surface area (Å²) in [6, 6.07) is 18.0. The Labute approximate surface area is 583 Å². The molecular formula is C68H89N17O14S-4. The number of ether oxygens (including phenoxy) is 2. The summed E-state index contributed by atoms with van der Waals surface area (Å²) in [6.45, 7) is 10.3. The van der Waals surface area contributed by atoms with Gasteiger partial charge in [-0.3, -0.25) is 24.5 Å². The topological polar surface area (TPSA) is 491 Å². The first-order valence-corrected chi connectivity index (χ1v) is 31.9. The molecule has 100 heavy (non-hydrogen) atoms. The first-order valence-electron chi connectivity index (χ1n) is 31.5. The summed E-state index contributed by atoms with van der Waals surface area (Å²) in [4.78, 5) is 111. The number of rotatable bonds is 24. The molecule has 0 unspecified atom stereocenters. The predicted octanol–water partition coefficient (Wildman–Crippen LogP) is -1.45. The Hall–Kier alpha value is -11.1. The molecule has 12 N–H and O–H groups in total. The minimum absolute atomic E-state index is 0.0268. The van der Waals surface area contributed by atoms with Crippen molar-refractivity contribution < 1.29 is 49.1 Å². The lowest BCUT2D eigenvalue weighted by molar-refractivity contribution is -0.312. The first-order chi connectivity index (χ1) is 47.6. The summed E-state index contributed by atoms with van der Waals surface area (Å²) in [5.41, 5.74) is 25.4. The monoisotopic (exact) mass is 1400 g/mol. The van der Waals surface area contributed by atoms with Gasteiger partial charge in [-0.25, -0.2) is 19.6 Å². The van der Waals surface area contributed by atoms with E-state index in [1.54, 1.807) is 62.4 Å². The number of carbonyl (C=O) groups excluding carboxylic acids is 4. The molecule has 1 aromatic carbocycles. The second kappa shape index (κ2) is 47.8. The van der Waals surface area contributed by atoms with Gasteiger partial charge in [-0.15, -0.1) is 0 Å². The lowest BCUT2D eigenvalue weighted by Crippen LogP contribution is -2.32. The quantitative estimate of drug-likeness (QED) is 0.0195. The van der Waals surface area contributed by atoms with E-state index in [1.165, 1.54) is 27.7 Å². The molecule has 0 aliphatic rings. The number of H-pyrrole nitrogens is 2. The maximum Gasteiger partial charge on any atom is 0.349 e. The SMILES string of the molecule is CCCOCCC#CCN.CCCOCCC#CCNC(=S)NC.Cc1ccc(CCc2cc(CC(CC(=O)[O-])CC(=O)[O-])nc(CC(CC(=O)[O-])CC(=O)[O-])c2)cc1.Cn1ccc(=O)[nH]c1=O.Cn1ccc(N)nc1=O.Cn1ccc2c(=O)[nH]c(N)nc21.Cn1ccc2c(N)ncnc21. The molecule has 8 rings (SSSR count). The Morgan fingerprint density at radius 2 is 1.12 bits per heavy atom. The average molecular weight is 1400 g/mol. The van der Waals surface area contributed by atoms with Crippen molar-refractivity contribution in [3.05, 3.63) is 162 Å². The summed E-state index contributed by atoms with van der Waals surface area (Å²) < 4.78 is 16.8. The summed E-state index contributed by atoms with van der Waals surface area (Å²) in [5, 5.41) is 52.2. The van der Waals surface area contributed by atoms with Gasteiger partial charge in [-0.2, -0.15) is 9.97 Å². The van der Waals surface area contributed by atoms with Crippen molar-refractivity contribution in [1.29, 1.82) is 0 Å². The number of nitrogens with two attached hydrogens (primary N) is 4. The summed E-state index contributed by atoms with van der Waals surface area (Å²) in [6.07, 6.45) is 11.2. The van der Waals surface area contributed by atoms with E-state index >= 15 is 0 Å². The van der Waals surface area contributed by atoms with E-state index < -0.39 is 61.4 Å². The first kappa shape index (κ1) is 85.0. The van der Waals surface area contributed by atoms with Gasteiger partial charge in [0.05, 0.1) is 37.1 Å². The molecule has 540 valence electrons. The van der Waals surface area contributed by atoms with Crippen molar-refractivity contribution in [2.24, 2.45) is 45.8 Å². The van der Waals surface area contributed by atoms with Gasteiger partial charge in [0, 0.05) is 127 Å². The number of carboxylic acid groups (broad SMARTS) is 4. The molecule has 0 atom stereocenters. The van der Waals surface area contributed by atoms with Crippen molar-refractivity contribution in [3.8, 4) is 23.7 Å². The fourth-order valence-electron chi connectivity index (χ4n) is 8.57. The van der Waals surface area contributed by atoms with Crippen LogP contribution in [0.25, 0.3) is 22.1 Å². The van der Waals surface area contributed by atoms with Gasteiger partial charge in [-0.05, 0) is 137 Å². The van der Waals surface area contributed by atoms with Crippen LogP contribution in [0, 0.1) is 42.4 Å². The third-order valence-corrected chi connectivity index (χ3v) is 13.8. The standard InChI is InChI=1S/C26H31NO8.C10H18N2OS.C8H15NO.C7H8N4O.C7H8N4.C5H7N3O.C5H6N2O2/c1-16-2-4-17(5-3-16)6-7-18-8-21(10-19(12-23(28)29)13-24(30)31)27-22(9-18)11-20(14-25(32)33)15-26(34)35;1-3-8-13-9-6-4-5-7-12-10(14)11-2;1-2-7-10-8-5-3-4-6-9;1-11-3-2-4-5(11)9-7(8)10-6(4)12;1-11-3-2-5-6(8)9-4-10-7(5)11;1-8-3-2-4(6)7-5(8)9;1-7-3-2-4(8)6-5(7)9/h2-5,8-9,19-20H,6-7,10-15H2,1H3,(H,28,29)(H,30,31)(H,32,33)(H,34,35);3,6-9H2,1-2H3,(H2,11,12,14);2,5-9H2,1H3;2-3H,1H3,(H3,8,9,10,12);2-4H,1H3,(H2,8,9,10);2-3H,1H3,(H2,6,7,9);2-3H,1H3,(H,6,8,9)/p-4. The average Bonchev–Trinajstić information content (AvgIpc) is 1.63. The highest BCUT2D eigenvalue weighted by molar-refractivity contribution is 7.80. The minimum atomic E-state index is -1.39. The van der Waals surface area contributed by atoms with Crippen LogP contribution in [-0.4, -0.2) is 129 Å². The molecule has 31 nitrogen and oxygen atoms in total. The number of fused-ring (bicyclic) bond motifs is 2. The smallest absolute Gasteiger partial charge is 0.349 e. The number of hydrogen-bond donors (Lipinski definition) is 8. The van der Waals surface area contributed by atoms with Crippen molar-refractivity contribution in [2.75, 3.05) is 63.8 Å². The molecule has 0 amide bonds. The van der Waals surface area contributed by atoms with Crippen LogP contribution >= 0.6 is 12.2 Å². The minimum Gasteiger partial charge on any atom is -0.550 e. The molecule has 0 aliphatic carbocycles. The number of thiocarbonyl (C=S) groups is 1. The van der Waals surface area contributed by atoms with Gasteiger partial charge < -0.3 is 101 Å². The normalized spacial score (nSPS) is 10.1. The largest absolute Gasteiger partial charge is 0.550 e. The van der Waals surface area contributed by atoms with Crippen molar-refractivity contribution >= 4 is 80.9 Å². The second-order valence-corrected chi connectivity index (χ2v) is 22.4. The van der Waals surface area contributed by atoms with E-state index in [9.17, 15) is 58.8 Å². The van der Waals surface area contributed by atoms with Crippen LogP contribution in [-0.2, 0) is 82.5 Å². The maximum absolute atomic E-state index is 11.2. The lowest BCUT2D eigenvalue weighted by Gasteiger charge is -2.21. The molecule has 7 heterocycles. The fourth-order valence-corrected chi connectivity index (χ4v) is 8.64. The van der Waals surface area contributed by atoms with Crippen LogP contribution in [0.4, 0.5) is 17.6 Å². The van der Waals surface area contributed by atoms with Crippen LogP contribution in [0.3, 0.4) is 0 Å². The van der Waals surface area contributed by atoms with E-state index in [-0.39, 0.29) is 47.1 Å². The van der Waals surface area contributed by atoms with E-state index in [1.807, 2.05) is 62.1 Å². The van der Waals surface area contributed by atoms with Crippen molar-refractivity contribution in [3.63, 3.8) is 0 Å². The maximum atomic E-state index is 11.2. The zero-order valence-corrected chi connectivity index (χ0v) is 58.3. The molecule has 8 aromatic rings. The predicted molar refractivity (Wildman–Crippen MR) is 376 cm³/mol. The van der Waals surface area contributed by atoms with Crippen LogP contribution in [0.5, 0.6) is 0 Å². The van der Waals surface area contributed by atoms with Crippen LogP contribution in [0.1, 0.15) is 93.3 Å². The highest BCUT2D eigenvalue weighted by atomic mass is 32.1. The summed E-state index contributed by atoms with van der Waals surface area (Å²) in [5.74, 6) is 5.39. The van der Waals surface area contributed by atoms with Gasteiger partial charge >= 0.3 is 11.4 Å². The number of hydrogen-bond acceptors (Lipinski definition) is 24. The van der Waals surface area contributed by atoms with E-state index in [0.29, 0.717) is 59.3 Å². The van der Waals surface area contributed by atoms with Gasteiger partial charge in [0.2, 0.25) is 5.95 Å². The van der Waals surface area contributed by atoms with Crippen molar-refractivity contribution in [1.82, 2.24) is 63.8 Å². The van der Waals surface area contributed by atoms with E-state index in [2.05, 4.69) is 83.1 Å². The molecule has 0 radical (unpaired) electrons. The van der Waals surface area contributed by atoms with Crippen LogP contribution in [0.2, 0.25) is 0 Å². The molecular weight excluding hydrogens is 1310 g/mol. The third-order valence-electron chi connectivity index (χ3n) is 13.4. The number of pyridine rings is 1. The number of aliphatic carboxylic acids is 4. The fraction of sp³-hybridized carbons (Fsp3) is 0.412. The Bertz CT molecular complexity index is 4150. The Morgan fingerprint density at radius 1 is 0.610 bits per heavy atom. The molecule has 0 bridgehead atoms. The number of aromatic amines is 2. The number of aryl methyl sites for hydroxylation is 7. The molecule has 7 aromatic heterocycles. The number of anilines is 3. The number of nitrogen functional groups attached to an aromatic ring is 3. The van der Waals surface area contributed by atoms with E-state index in [0.717, 1.165) is 79.8 Å².